The standard InChI is InChI=1S/C21H18N2O4S/c1-2-26-15-7-3-6-14(12-15)22-19-18(17-9-5-11-28-17)20(24)23(21(19)25)13-16-8-4-10-27-16/h3-12,22H,2,13H2,1H3. The molecule has 1 aliphatic rings. The van der Waals surface area contributed by atoms with Crippen LogP contribution in [0.3, 0.4) is 0 Å². The Bertz CT molecular complexity index is 1020. The fraction of sp³-hybridized carbons (Fsp3) is 0.143. The minimum atomic E-state index is -0.383. The first-order valence-electron chi connectivity index (χ1n) is 8.84. The van der Waals surface area contributed by atoms with E-state index in [1.54, 1.807) is 18.2 Å². The number of anilines is 1. The highest BCUT2D eigenvalue weighted by atomic mass is 32.1. The van der Waals surface area contributed by atoms with E-state index in [1.807, 2.05) is 42.6 Å². The van der Waals surface area contributed by atoms with E-state index in [0.717, 1.165) is 4.88 Å². The summed E-state index contributed by atoms with van der Waals surface area (Å²) in [4.78, 5) is 28.1. The minimum Gasteiger partial charge on any atom is -0.494 e. The van der Waals surface area contributed by atoms with E-state index in [-0.39, 0.29) is 24.1 Å². The number of nitrogens with zero attached hydrogens (tertiary/aromatic N) is 1. The summed E-state index contributed by atoms with van der Waals surface area (Å²) in [6, 6.07) is 14.5. The van der Waals surface area contributed by atoms with Crippen molar-refractivity contribution in [1.82, 2.24) is 4.90 Å². The Balaban J connectivity index is 1.69. The Hall–Kier alpha value is -3.32. The van der Waals surface area contributed by atoms with E-state index in [1.165, 1.54) is 22.5 Å². The van der Waals surface area contributed by atoms with Gasteiger partial charge in [0.05, 0.1) is 25.0 Å². The van der Waals surface area contributed by atoms with Crippen LogP contribution in [0.15, 0.2) is 70.3 Å². The Morgan fingerprint density at radius 3 is 2.71 bits per heavy atom. The molecule has 0 fully saturated rings. The molecule has 1 N–H and O–H groups in total. The Morgan fingerprint density at radius 2 is 2.00 bits per heavy atom. The molecule has 2 aromatic heterocycles. The first-order chi connectivity index (χ1) is 13.7. The molecule has 0 atom stereocenters. The van der Waals surface area contributed by atoms with E-state index in [0.29, 0.717) is 29.4 Å². The maximum atomic E-state index is 13.1. The molecule has 7 heteroatoms. The lowest BCUT2D eigenvalue weighted by molar-refractivity contribution is -0.137. The van der Waals surface area contributed by atoms with E-state index >= 15 is 0 Å². The smallest absolute Gasteiger partial charge is 0.278 e. The Morgan fingerprint density at radius 1 is 1.11 bits per heavy atom. The number of hydrogen-bond donors (Lipinski definition) is 1. The van der Waals surface area contributed by atoms with Gasteiger partial charge in [-0.3, -0.25) is 14.5 Å². The average molecular weight is 394 g/mol. The van der Waals surface area contributed by atoms with E-state index in [9.17, 15) is 9.59 Å². The first kappa shape index (κ1) is 18.1. The van der Waals surface area contributed by atoms with E-state index in [4.69, 9.17) is 9.15 Å². The number of nitrogens with one attached hydrogen (secondary N) is 1. The summed E-state index contributed by atoms with van der Waals surface area (Å²) in [5.74, 6) is 0.515. The lowest BCUT2D eigenvalue weighted by Gasteiger charge is -2.14. The van der Waals surface area contributed by atoms with Gasteiger partial charge < -0.3 is 14.5 Å². The molecule has 142 valence electrons. The molecular weight excluding hydrogens is 376 g/mol. The molecule has 4 rings (SSSR count). The zero-order chi connectivity index (χ0) is 19.5. The minimum absolute atomic E-state index is 0.0870. The van der Waals surface area contributed by atoms with Gasteiger partial charge in [0.15, 0.2) is 0 Å². The van der Waals surface area contributed by atoms with Crippen LogP contribution in [0.25, 0.3) is 5.57 Å². The number of thiophene rings is 1. The zero-order valence-corrected chi connectivity index (χ0v) is 16.0. The molecule has 0 saturated carbocycles. The van der Waals surface area contributed by atoms with Gasteiger partial charge in [-0.1, -0.05) is 12.1 Å². The summed E-state index contributed by atoms with van der Waals surface area (Å²) >= 11 is 1.42. The van der Waals surface area contributed by atoms with Gasteiger partial charge in [0.1, 0.15) is 17.2 Å². The maximum Gasteiger partial charge on any atom is 0.278 e. The Labute approximate surface area is 166 Å². The van der Waals surface area contributed by atoms with Crippen LogP contribution in [0, 0.1) is 0 Å². The third-order valence-corrected chi connectivity index (χ3v) is 5.13. The predicted molar refractivity (Wildman–Crippen MR) is 107 cm³/mol. The van der Waals surface area contributed by atoms with Crippen molar-refractivity contribution in [3.05, 3.63) is 76.5 Å². The van der Waals surface area contributed by atoms with Crippen molar-refractivity contribution in [3.8, 4) is 5.75 Å². The lowest BCUT2D eigenvalue weighted by atomic mass is 10.2. The number of ether oxygens (including phenoxy) is 1. The topological polar surface area (TPSA) is 71.8 Å². The lowest BCUT2D eigenvalue weighted by Crippen LogP contribution is -2.31. The van der Waals surface area contributed by atoms with Crippen LogP contribution in [0.2, 0.25) is 0 Å². The first-order valence-corrected chi connectivity index (χ1v) is 9.72. The molecule has 2 amide bonds. The predicted octanol–water partition coefficient (Wildman–Crippen LogP) is 4.13. The fourth-order valence-electron chi connectivity index (χ4n) is 3.02. The summed E-state index contributed by atoms with van der Waals surface area (Å²) in [5.41, 5.74) is 1.30. The van der Waals surface area contributed by atoms with Gasteiger partial charge in [0.25, 0.3) is 11.8 Å². The third kappa shape index (κ3) is 3.44. The molecule has 3 heterocycles. The maximum absolute atomic E-state index is 13.1. The van der Waals surface area contributed by atoms with Crippen molar-refractivity contribution >= 4 is 34.4 Å². The second kappa shape index (κ2) is 7.74. The number of furan rings is 1. The van der Waals surface area contributed by atoms with Crippen LogP contribution >= 0.6 is 11.3 Å². The van der Waals surface area contributed by atoms with Crippen LogP contribution in [-0.2, 0) is 16.1 Å². The average Bonchev–Trinajstić information content (AvgIpc) is 3.43. The molecule has 0 unspecified atom stereocenters. The van der Waals surface area contributed by atoms with Gasteiger partial charge in [-0.05, 0) is 42.6 Å². The molecule has 0 spiro atoms. The molecule has 1 aromatic carbocycles. The highest BCUT2D eigenvalue weighted by molar-refractivity contribution is 7.11. The molecule has 28 heavy (non-hydrogen) atoms. The summed E-state index contributed by atoms with van der Waals surface area (Å²) in [6.45, 7) is 2.54. The largest absolute Gasteiger partial charge is 0.494 e. The van der Waals surface area contributed by atoms with Gasteiger partial charge in [-0.2, -0.15) is 0 Å². The van der Waals surface area contributed by atoms with E-state index in [2.05, 4.69) is 5.32 Å². The second-order valence-corrected chi connectivity index (χ2v) is 7.04. The third-order valence-electron chi connectivity index (χ3n) is 4.24. The molecule has 0 aliphatic carbocycles. The molecule has 1 aliphatic heterocycles. The molecule has 0 bridgehead atoms. The van der Waals surface area contributed by atoms with Gasteiger partial charge in [-0.15, -0.1) is 11.3 Å². The van der Waals surface area contributed by atoms with Crippen LogP contribution in [0.5, 0.6) is 5.75 Å². The van der Waals surface area contributed by atoms with Gasteiger partial charge in [0, 0.05) is 16.6 Å². The van der Waals surface area contributed by atoms with E-state index < -0.39 is 0 Å². The highest BCUT2D eigenvalue weighted by Gasteiger charge is 2.40. The highest BCUT2D eigenvalue weighted by Crippen LogP contribution is 2.34. The van der Waals surface area contributed by atoms with Crippen molar-refractivity contribution in [1.29, 1.82) is 0 Å². The summed E-state index contributed by atoms with van der Waals surface area (Å²) in [7, 11) is 0. The number of carbonyl (C=O) groups is 2. The quantitative estimate of drug-likeness (QED) is 0.610. The summed E-state index contributed by atoms with van der Waals surface area (Å²) in [6.07, 6.45) is 1.52. The molecule has 3 aromatic rings. The van der Waals surface area contributed by atoms with Gasteiger partial charge in [-0.25, -0.2) is 0 Å². The molecular formula is C21H18N2O4S. The molecule has 0 radical (unpaired) electrons. The number of imide groups is 1. The Kier molecular flexibility index (Phi) is 4.99. The monoisotopic (exact) mass is 394 g/mol. The number of rotatable bonds is 7. The summed E-state index contributed by atoms with van der Waals surface area (Å²) in [5, 5.41) is 5.01. The summed E-state index contributed by atoms with van der Waals surface area (Å²) < 4.78 is 10.8. The van der Waals surface area contributed by atoms with Crippen molar-refractivity contribution in [2.24, 2.45) is 0 Å². The number of benzene rings is 1. The van der Waals surface area contributed by atoms with Crippen LogP contribution in [0.1, 0.15) is 17.6 Å². The van der Waals surface area contributed by atoms with Crippen molar-refractivity contribution in [3.63, 3.8) is 0 Å². The van der Waals surface area contributed by atoms with Crippen LogP contribution in [-0.4, -0.2) is 23.3 Å². The van der Waals surface area contributed by atoms with Gasteiger partial charge >= 0.3 is 0 Å². The number of hydrogen-bond acceptors (Lipinski definition) is 6. The molecule has 6 nitrogen and oxygen atoms in total. The number of carbonyl (C=O) groups excluding carboxylic acids is 2. The SMILES string of the molecule is CCOc1cccc(NC2=C(c3cccs3)C(=O)N(Cc3ccco3)C2=O)c1. The van der Waals surface area contributed by atoms with Crippen molar-refractivity contribution in [2.45, 2.75) is 13.5 Å². The normalized spacial score (nSPS) is 14.1. The second-order valence-electron chi connectivity index (χ2n) is 6.09. The van der Waals surface area contributed by atoms with Crippen molar-refractivity contribution < 1.29 is 18.7 Å². The van der Waals surface area contributed by atoms with Crippen molar-refractivity contribution in [2.75, 3.05) is 11.9 Å². The number of amides is 2. The van der Waals surface area contributed by atoms with Crippen LogP contribution in [0.4, 0.5) is 5.69 Å². The molecule has 0 saturated heterocycles. The van der Waals surface area contributed by atoms with Crippen LogP contribution < -0.4 is 10.1 Å². The zero-order valence-electron chi connectivity index (χ0n) is 15.2. The van der Waals surface area contributed by atoms with Gasteiger partial charge in [0.2, 0.25) is 0 Å². The fourth-order valence-corrected chi connectivity index (χ4v) is 3.79.